The highest BCUT2D eigenvalue weighted by molar-refractivity contribution is 7.90. The molecule has 3 atom stereocenters. The molecule has 16 heavy (non-hydrogen) atoms. The van der Waals surface area contributed by atoms with Crippen molar-refractivity contribution in [2.24, 2.45) is 5.92 Å². The molecule has 2 aliphatic rings. The Bertz CT molecular complexity index is 325. The predicted octanol–water partition coefficient (Wildman–Crippen LogP) is -0.307. The molecule has 2 heterocycles. The highest BCUT2D eigenvalue weighted by atomic mass is 32.2. The average Bonchev–Trinajstić information content (AvgIpc) is 2.85. The number of hydrogen-bond acceptors (Lipinski definition) is 4. The number of sulfonamides is 1. The minimum absolute atomic E-state index is 0.171. The fourth-order valence-corrected chi connectivity index (χ4v) is 3.73. The number of nitrogens with one attached hydrogen (secondary N) is 2. The largest absolute Gasteiger partial charge is 0.378 e. The lowest BCUT2D eigenvalue weighted by molar-refractivity contribution is 0.107. The van der Waals surface area contributed by atoms with Crippen LogP contribution in [-0.4, -0.2) is 46.0 Å². The monoisotopic (exact) mass is 248 g/mol. The summed E-state index contributed by atoms with van der Waals surface area (Å²) in [5.74, 6) is 0.323. The molecular weight excluding hydrogens is 228 g/mol. The zero-order chi connectivity index (χ0) is 11.6. The van der Waals surface area contributed by atoms with Gasteiger partial charge in [-0.3, -0.25) is 0 Å². The predicted molar refractivity (Wildman–Crippen MR) is 61.7 cm³/mol. The first kappa shape index (κ1) is 12.3. The van der Waals surface area contributed by atoms with E-state index in [0.29, 0.717) is 25.4 Å². The van der Waals surface area contributed by atoms with Crippen LogP contribution in [0.2, 0.25) is 0 Å². The van der Waals surface area contributed by atoms with E-state index in [1.54, 1.807) is 0 Å². The number of hydrogen-bond donors (Lipinski definition) is 2. The molecule has 2 rings (SSSR count). The number of ether oxygens (including phenoxy) is 1. The van der Waals surface area contributed by atoms with E-state index in [9.17, 15) is 8.42 Å². The smallest absolute Gasteiger partial charge is 0.215 e. The Balaban J connectivity index is 1.84. The van der Waals surface area contributed by atoms with Gasteiger partial charge in [0.15, 0.2) is 0 Å². The van der Waals surface area contributed by atoms with Gasteiger partial charge in [-0.2, -0.15) is 0 Å². The molecule has 0 aliphatic carbocycles. The minimum atomic E-state index is -3.14. The Kier molecular flexibility index (Phi) is 3.84. The maximum Gasteiger partial charge on any atom is 0.215 e. The Hall–Kier alpha value is -0.170. The van der Waals surface area contributed by atoms with E-state index in [2.05, 4.69) is 10.0 Å². The van der Waals surface area contributed by atoms with Crippen LogP contribution < -0.4 is 10.0 Å². The van der Waals surface area contributed by atoms with E-state index in [1.807, 2.05) is 6.92 Å². The van der Waals surface area contributed by atoms with Crippen molar-refractivity contribution < 1.29 is 13.2 Å². The molecule has 0 amide bonds. The van der Waals surface area contributed by atoms with E-state index in [1.165, 1.54) is 0 Å². The van der Waals surface area contributed by atoms with Crippen LogP contribution in [0.3, 0.4) is 0 Å². The molecule has 5 nitrogen and oxygen atoms in total. The van der Waals surface area contributed by atoms with Crippen molar-refractivity contribution in [2.45, 2.75) is 31.1 Å². The average molecular weight is 248 g/mol. The first-order valence-electron chi connectivity index (χ1n) is 5.90. The number of rotatable bonds is 4. The molecule has 0 bridgehead atoms. The summed E-state index contributed by atoms with van der Waals surface area (Å²) in [7, 11) is -3.14. The summed E-state index contributed by atoms with van der Waals surface area (Å²) in [5, 5.41) is 2.81. The molecule has 0 saturated carbocycles. The van der Waals surface area contributed by atoms with Gasteiger partial charge in [0.1, 0.15) is 0 Å². The van der Waals surface area contributed by atoms with Crippen molar-refractivity contribution in [3.63, 3.8) is 0 Å². The van der Waals surface area contributed by atoms with Gasteiger partial charge in [0.25, 0.3) is 0 Å². The molecule has 6 heteroatoms. The third-order valence-corrected chi connectivity index (χ3v) is 5.38. The molecule has 3 unspecified atom stereocenters. The van der Waals surface area contributed by atoms with Crippen molar-refractivity contribution in [2.75, 3.05) is 26.2 Å². The highest BCUT2D eigenvalue weighted by Gasteiger charge is 2.31. The lowest BCUT2D eigenvalue weighted by Gasteiger charge is -2.17. The Morgan fingerprint density at radius 3 is 2.81 bits per heavy atom. The second kappa shape index (κ2) is 5.00. The van der Waals surface area contributed by atoms with Gasteiger partial charge in [0.2, 0.25) is 10.0 Å². The van der Waals surface area contributed by atoms with Crippen LogP contribution in [0, 0.1) is 5.92 Å². The van der Waals surface area contributed by atoms with Crippen LogP contribution in [0.5, 0.6) is 0 Å². The third kappa shape index (κ3) is 2.74. The molecule has 2 saturated heterocycles. The normalized spacial score (nSPS) is 35.7. The lowest BCUT2D eigenvalue weighted by Crippen LogP contribution is -2.39. The molecule has 94 valence electrons. The lowest BCUT2D eigenvalue weighted by atomic mass is 10.0. The van der Waals surface area contributed by atoms with E-state index in [4.69, 9.17) is 4.74 Å². The van der Waals surface area contributed by atoms with Crippen LogP contribution in [0.4, 0.5) is 0 Å². The van der Waals surface area contributed by atoms with Gasteiger partial charge in [-0.05, 0) is 26.3 Å². The van der Waals surface area contributed by atoms with Crippen LogP contribution in [0.25, 0.3) is 0 Å². The van der Waals surface area contributed by atoms with Gasteiger partial charge < -0.3 is 10.1 Å². The molecule has 2 aliphatic heterocycles. The Morgan fingerprint density at radius 1 is 1.44 bits per heavy atom. The van der Waals surface area contributed by atoms with Crippen molar-refractivity contribution in [1.82, 2.24) is 10.0 Å². The fraction of sp³-hybridized carbons (Fsp3) is 1.00. The summed E-state index contributed by atoms with van der Waals surface area (Å²) in [6, 6.07) is 0. The summed E-state index contributed by atoms with van der Waals surface area (Å²) in [4.78, 5) is 0. The molecule has 0 spiro atoms. The quantitative estimate of drug-likeness (QED) is 0.716. The molecule has 0 aromatic rings. The fourth-order valence-electron chi connectivity index (χ4n) is 2.28. The topological polar surface area (TPSA) is 67.4 Å². The molecule has 0 aromatic carbocycles. The second-order valence-corrected chi connectivity index (χ2v) is 6.68. The zero-order valence-corrected chi connectivity index (χ0v) is 10.4. The standard InChI is InChI=1S/C10H20N2O3S/c1-8-9(3-5-15-8)6-12-16(13,14)10-2-4-11-7-10/h8-12H,2-7H2,1H3. The minimum Gasteiger partial charge on any atom is -0.378 e. The Morgan fingerprint density at radius 2 is 2.25 bits per heavy atom. The van der Waals surface area contributed by atoms with Crippen LogP contribution in [-0.2, 0) is 14.8 Å². The highest BCUT2D eigenvalue weighted by Crippen LogP contribution is 2.20. The second-order valence-electron chi connectivity index (χ2n) is 4.63. The summed E-state index contributed by atoms with van der Waals surface area (Å²) in [5.41, 5.74) is 0. The summed E-state index contributed by atoms with van der Waals surface area (Å²) in [6.45, 7) is 4.64. The summed E-state index contributed by atoms with van der Waals surface area (Å²) < 4.78 is 31.9. The van der Waals surface area contributed by atoms with Crippen molar-refractivity contribution >= 4 is 10.0 Å². The van der Waals surface area contributed by atoms with Crippen LogP contribution in [0.1, 0.15) is 19.8 Å². The first-order valence-corrected chi connectivity index (χ1v) is 7.45. The van der Waals surface area contributed by atoms with Gasteiger partial charge in [0, 0.05) is 25.6 Å². The van der Waals surface area contributed by atoms with Crippen molar-refractivity contribution in [1.29, 1.82) is 0 Å². The van der Waals surface area contributed by atoms with Gasteiger partial charge >= 0.3 is 0 Å². The maximum atomic E-state index is 11.9. The zero-order valence-electron chi connectivity index (χ0n) is 9.61. The molecule has 0 radical (unpaired) electrons. The molecule has 2 N–H and O–H groups in total. The molecule has 0 aromatic heterocycles. The van der Waals surface area contributed by atoms with E-state index in [-0.39, 0.29) is 11.4 Å². The summed E-state index contributed by atoms with van der Waals surface area (Å²) >= 11 is 0. The molecule has 2 fully saturated rings. The third-order valence-electron chi connectivity index (χ3n) is 3.53. The van der Waals surface area contributed by atoms with Crippen molar-refractivity contribution in [3.8, 4) is 0 Å². The summed E-state index contributed by atoms with van der Waals surface area (Å²) in [6.07, 6.45) is 1.84. The van der Waals surface area contributed by atoms with Gasteiger partial charge in [-0.25, -0.2) is 13.1 Å². The van der Waals surface area contributed by atoms with Crippen LogP contribution >= 0.6 is 0 Å². The maximum absolute atomic E-state index is 11.9. The van der Waals surface area contributed by atoms with E-state index in [0.717, 1.165) is 19.6 Å². The van der Waals surface area contributed by atoms with Gasteiger partial charge in [-0.1, -0.05) is 0 Å². The molecular formula is C10H20N2O3S. The Labute approximate surface area is 97.0 Å². The van der Waals surface area contributed by atoms with Gasteiger partial charge in [-0.15, -0.1) is 0 Å². The SMILES string of the molecule is CC1OCCC1CNS(=O)(=O)C1CCNC1. The van der Waals surface area contributed by atoms with E-state index >= 15 is 0 Å². The first-order chi connectivity index (χ1) is 7.59. The van der Waals surface area contributed by atoms with Gasteiger partial charge in [0.05, 0.1) is 11.4 Å². The van der Waals surface area contributed by atoms with E-state index < -0.39 is 10.0 Å². The van der Waals surface area contributed by atoms with Crippen molar-refractivity contribution in [3.05, 3.63) is 0 Å². The van der Waals surface area contributed by atoms with Crippen LogP contribution in [0.15, 0.2) is 0 Å².